The van der Waals surface area contributed by atoms with Gasteiger partial charge in [-0.2, -0.15) is 0 Å². The quantitative estimate of drug-likeness (QED) is 0.912. The Morgan fingerprint density at radius 3 is 2.94 bits per heavy atom. The molecule has 18 heavy (non-hydrogen) atoms. The lowest BCUT2D eigenvalue weighted by Gasteiger charge is -2.16. The Labute approximate surface area is 114 Å². The molecular formula is C13H15BrN2O2. The van der Waals surface area contributed by atoms with E-state index >= 15 is 0 Å². The highest BCUT2D eigenvalue weighted by Gasteiger charge is 2.10. The van der Waals surface area contributed by atoms with Crippen molar-refractivity contribution < 1.29 is 9.84 Å². The van der Waals surface area contributed by atoms with Crippen molar-refractivity contribution in [3.63, 3.8) is 0 Å². The standard InChI is InChI=1S/C13H15BrN2O2/c1-8(7-17)16-13-10-5-9(18-2)3-4-12(10)15-6-11(13)14/h3-6,8,17H,7H2,1-2H3,(H,15,16). The van der Waals surface area contributed by atoms with Crippen molar-refractivity contribution in [2.75, 3.05) is 19.0 Å². The molecule has 0 bridgehead atoms. The molecule has 0 aliphatic carbocycles. The van der Waals surface area contributed by atoms with E-state index < -0.39 is 0 Å². The lowest BCUT2D eigenvalue weighted by atomic mass is 10.1. The van der Waals surface area contributed by atoms with Gasteiger partial charge in [-0.05, 0) is 41.1 Å². The zero-order valence-electron chi connectivity index (χ0n) is 10.3. The van der Waals surface area contributed by atoms with Crippen molar-refractivity contribution in [2.24, 2.45) is 0 Å². The van der Waals surface area contributed by atoms with Gasteiger partial charge >= 0.3 is 0 Å². The molecule has 0 radical (unpaired) electrons. The second-order valence-corrected chi connectivity index (χ2v) is 4.95. The van der Waals surface area contributed by atoms with Gasteiger partial charge in [0.2, 0.25) is 0 Å². The van der Waals surface area contributed by atoms with E-state index in [0.717, 1.165) is 26.8 Å². The Hall–Kier alpha value is -1.33. The summed E-state index contributed by atoms with van der Waals surface area (Å²) in [5.74, 6) is 0.780. The van der Waals surface area contributed by atoms with Crippen LogP contribution in [0.2, 0.25) is 0 Å². The van der Waals surface area contributed by atoms with Gasteiger partial charge in [-0.3, -0.25) is 4.98 Å². The van der Waals surface area contributed by atoms with Crippen LogP contribution in [0.3, 0.4) is 0 Å². The first kappa shape index (κ1) is 13.1. The fraction of sp³-hybridized carbons (Fsp3) is 0.308. The molecule has 0 spiro atoms. The summed E-state index contributed by atoms with van der Waals surface area (Å²) in [6.07, 6.45) is 1.75. The zero-order chi connectivity index (χ0) is 13.1. The largest absolute Gasteiger partial charge is 0.497 e. The van der Waals surface area contributed by atoms with E-state index in [1.807, 2.05) is 25.1 Å². The number of nitrogens with one attached hydrogen (secondary N) is 1. The molecule has 96 valence electrons. The van der Waals surface area contributed by atoms with Gasteiger partial charge in [-0.1, -0.05) is 0 Å². The maximum absolute atomic E-state index is 9.14. The smallest absolute Gasteiger partial charge is 0.119 e. The molecule has 5 heteroatoms. The molecule has 0 aliphatic rings. The summed E-state index contributed by atoms with van der Waals surface area (Å²) in [4.78, 5) is 4.34. The number of hydrogen-bond donors (Lipinski definition) is 2. The topological polar surface area (TPSA) is 54.4 Å². The highest BCUT2D eigenvalue weighted by molar-refractivity contribution is 9.10. The highest BCUT2D eigenvalue weighted by Crippen LogP contribution is 2.32. The van der Waals surface area contributed by atoms with E-state index in [9.17, 15) is 0 Å². The molecule has 1 aromatic carbocycles. The minimum Gasteiger partial charge on any atom is -0.497 e. The monoisotopic (exact) mass is 310 g/mol. The molecule has 0 saturated heterocycles. The van der Waals surface area contributed by atoms with Crippen LogP contribution in [0.25, 0.3) is 10.9 Å². The maximum atomic E-state index is 9.14. The number of benzene rings is 1. The fourth-order valence-electron chi connectivity index (χ4n) is 1.71. The number of hydrogen-bond acceptors (Lipinski definition) is 4. The van der Waals surface area contributed by atoms with Crippen LogP contribution in [0.5, 0.6) is 5.75 Å². The third kappa shape index (κ3) is 2.57. The molecule has 2 N–H and O–H groups in total. The van der Waals surface area contributed by atoms with Crippen LogP contribution in [-0.4, -0.2) is 29.8 Å². The van der Waals surface area contributed by atoms with Gasteiger partial charge in [-0.15, -0.1) is 0 Å². The molecule has 2 aromatic rings. The molecule has 1 aromatic heterocycles. The molecule has 0 amide bonds. The van der Waals surface area contributed by atoms with Crippen LogP contribution in [0, 0.1) is 0 Å². The Balaban J connectivity index is 2.56. The summed E-state index contributed by atoms with van der Waals surface area (Å²) in [6.45, 7) is 1.99. The number of pyridine rings is 1. The average Bonchev–Trinajstić information content (AvgIpc) is 2.41. The number of aliphatic hydroxyl groups excluding tert-OH is 1. The van der Waals surface area contributed by atoms with Gasteiger partial charge in [0.05, 0.1) is 29.4 Å². The van der Waals surface area contributed by atoms with Crippen molar-refractivity contribution in [1.82, 2.24) is 4.98 Å². The van der Waals surface area contributed by atoms with E-state index in [-0.39, 0.29) is 12.6 Å². The lowest BCUT2D eigenvalue weighted by Crippen LogP contribution is -2.19. The summed E-state index contributed by atoms with van der Waals surface area (Å²) >= 11 is 3.47. The third-order valence-electron chi connectivity index (χ3n) is 2.69. The highest BCUT2D eigenvalue weighted by atomic mass is 79.9. The summed E-state index contributed by atoms with van der Waals surface area (Å²) in [5.41, 5.74) is 1.80. The van der Waals surface area contributed by atoms with Crippen molar-refractivity contribution in [3.8, 4) is 5.75 Å². The van der Waals surface area contributed by atoms with Crippen LogP contribution < -0.4 is 10.1 Å². The molecule has 1 unspecified atom stereocenters. The van der Waals surface area contributed by atoms with Crippen molar-refractivity contribution in [1.29, 1.82) is 0 Å². The number of aromatic nitrogens is 1. The first-order valence-electron chi connectivity index (χ1n) is 5.65. The number of aliphatic hydroxyl groups is 1. The van der Waals surface area contributed by atoms with Crippen LogP contribution in [-0.2, 0) is 0 Å². The maximum Gasteiger partial charge on any atom is 0.119 e. The van der Waals surface area contributed by atoms with Gasteiger partial charge in [0.1, 0.15) is 5.75 Å². The minimum atomic E-state index is -0.0295. The molecular weight excluding hydrogens is 296 g/mol. The predicted molar refractivity (Wildman–Crippen MR) is 76.2 cm³/mol. The Kier molecular flexibility index (Phi) is 4.04. The van der Waals surface area contributed by atoms with E-state index in [1.165, 1.54) is 0 Å². The number of ether oxygens (including phenoxy) is 1. The van der Waals surface area contributed by atoms with Gasteiger partial charge < -0.3 is 15.2 Å². The number of nitrogens with zero attached hydrogens (tertiary/aromatic N) is 1. The molecule has 2 rings (SSSR count). The molecule has 4 nitrogen and oxygen atoms in total. The second-order valence-electron chi connectivity index (χ2n) is 4.09. The normalized spacial score (nSPS) is 12.4. The fourth-order valence-corrected chi connectivity index (χ4v) is 2.14. The minimum absolute atomic E-state index is 0.0295. The van der Waals surface area contributed by atoms with Crippen molar-refractivity contribution in [2.45, 2.75) is 13.0 Å². The second kappa shape index (κ2) is 5.54. The summed E-state index contributed by atoms with van der Waals surface area (Å²) in [7, 11) is 1.63. The number of methoxy groups -OCH3 is 1. The van der Waals surface area contributed by atoms with Crippen LogP contribution in [0.1, 0.15) is 6.92 Å². The number of rotatable bonds is 4. The predicted octanol–water partition coefficient (Wildman–Crippen LogP) is 2.80. The molecule has 1 heterocycles. The van der Waals surface area contributed by atoms with Gasteiger partial charge in [0.15, 0.2) is 0 Å². The number of halogens is 1. The van der Waals surface area contributed by atoms with E-state index in [0.29, 0.717) is 0 Å². The van der Waals surface area contributed by atoms with E-state index in [4.69, 9.17) is 9.84 Å². The average molecular weight is 311 g/mol. The van der Waals surface area contributed by atoms with Gasteiger partial charge in [0, 0.05) is 17.6 Å². The molecule has 0 fully saturated rings. The third-order valence-corrected chi connectivity index (χ3v) is 3.29. The zero-order valence-corrected chi connectivity index (χ0v) is 11.9. The number of fused-ring (bicyclic) bond motifs is 1. The van der Waals surface area contributed by atoms with Gasteiger partial charge in [-0.25, -0.2) is 0 Å². The van der Waals surface area contributed by atoms with E-state index in [2.05, 4.69) is 26.2 Å². The number of anilines is 1. The first-order chi connectivity index (χ1) is 8.65. The summed E-state index contributed by atoms with van der Waals surface area (Å²) in [6, 6.07) is 5.69. The lowest BCUT2D eigenvalue weighted by molar-refractivity contribution is 0.281. The van der Waals surface area contributed by atoms with Crippen LogP contribution in [0.15, 0.2) is 28.9 Å². The SMILES string of the molecule is COc1ccc2ncc(Br)c(NC(C)CO)c2c1. The summed E-state index contributed by atoms with van der Waals surface area (Å²) < 4.78 is 6.09. The van der Waals surface area contributed by atoms with Crippen LogP contribution >= 0.6 is 15.9 Å². The molecule has 0 saturated carbocycles. The molecule has 1 atom stereocenters. The Morgan fingerprint density at radius 1 is 1.50 bits per heavy atom. The van der Waals surface area contributed by atoms with Crippen LogP contribution in [0.4, 0.5) is 5.69 Å². The Bertz CT molecular complexity index is 560. The van der Waals surface area contributed by atoms with Gasteiger partial charge in [0.25, 0.3) is 0 Å². The molecule has 0 aliphatic heterocycles. The van der Waals surface area contributed by atoms with Crippen molar-refractivity contribution >= 4 is 32.5 Å². The Morgan fingerprint density at radius 2 is 2.28 bits per heavy atom. The summed E-state index contributed by atoms with van der Waals surface area (Å²) in [5, 5.41) is 13.4. The van der Waals surface area contributed by atoms with Crippen molar-refractivity contribution in [3.05, 3.63) is 28.9 Å². The first-order valence-corrected chi connectivity index (χ1v) is 6.44. The van der Waals surface area contributed by atoms with E-state index in [1.54, 1.807) is 13.3 Å².